The summed E-state index contributed by atoms with van der Waals surface area (Å²) in [5.74, 6) is 1.09. The lowest BCUT2D eigenvalue weighted by Gasteiger charge is -2.24. The Morgan fingerprint density at radius 2 is 1.55 bits per heavy atom. The van der Waals surface area contributed by atoms with Gasteiger partial charge in [0.25, 0.3) is 5.01 Å². The number of methoxy groups -OCH3 is 1. The SMILES string of the molecule is COc1ccc(CO[C@H](c2scc[n+]2C)[C@@H]2OC(C)(C)O[C@@H]2CCCCCCCCCCCC(C)C)cc1. The normalized spacial score (nSPS) is 19.8. The van der Waals surface area contributed by atoms with Crippen LogP contribution in [0.4, 0.5) is 0 Å². The zero-order valence-electron chi connectivity index (χ0n) is 24.7. The Hall–Kier alpha value is -1.47. The number of thiazole rings is 1. The van der Waals surface area contributed by atoms with Crippen LogP contribution in [0.3, 0.4) is 0 Å². The van der Waals surface area contributed by atoms with Crippen LogP contribution < -0.4 is 9.30 Å². The molecule has 3 rings (SSSR count). The number of hydrogen-bond donors (Lipinski definition) is 0. The molecular weight excluding hydrogens is 494 g/mol. The van der Waals surface area contributed by atoms with E-state index in [-0.39, 0.29) is 18.3 Å². The highest BCUT2D eigenvalue weighted by Gasteiger charge is 2.48. The number of nitrogens with zero attached hydrogens (tertiary/aromatic N) is 1. The molecule has 38 heavy (non-hydrogen) atoms. The molecule has 214 valence electrons. The Balaban J connectivity index is 1.49. The van der Waals surface area contributed by atoms with E-state index in [1.54, 1.807) is 18.4 Å². The van der Waals surface area contributed by atoms with Crippen molar-refractivity contribution in [2.75, 3.05) is 7.11 Å². The highest BCUT2D eigenvalue weighted by Crippen LogP contribution is 2.39. The summed E-state index contributed by atoms with van der Waals surface area (Å²) >= 11 is 1.72. The van der Waals surface area contributed by atoms with Gasteiger partial charge in [-0.25, -0.2) is 0 Å². The topological polar surface area (TPSA) is 40.8 Å². The lowest BCUT2D eigenvalue weighted by molar-refractivity contribution is -0.678. The van der Waals surface area contributed by atoms with Crippen molar-refractivity contribution in [1.82, 2.24) is 0 Å². The number of aryl methyl sites for hydroxylation is 1. The fraction of sp³-hybridized carbons (Fsp3) is 0.719. The van der Waals surface area contributed by atoms with Gasteiger partial charge < -0.3 is 18.9 Å². The molecule has 0 N–H and O–H groups in total. The van der Waals surface area contributed by atoms with E-state index in [4.69, 9.17) is 18.9 Å². The van der Waals surface area contributed by atoms with Gasteiger partial charge in [-0.15, -0.1) is 0 Å². The minimum Gasteiger partial charge on any atom is -0.497 e. The van der Waals surface area contributed by atoms with Crippen molar-refractivity contribution in [3.63, 3.8) is 0 Å². The molecule has 2 heterocycles. The predicted octanol–water partition coefficient (Wildman–Crippen LogP) is 8.31. The minimum absolute atomic E-state index is 0.0222. The number of hydrogen-bond acceptors (Lipinski definition) is 5. The first-order valence-electron chi connectivity index (χ1n) is 14.8. The van der Waals surface area contributed by atoms with Crippen molar-refractivity contribution in [1.29, 1.82) is 0 Å². The smallest absolute Gasteiger partial charge is 0.269 e. The van der Waals surface area contributed by atoms with Gasteiger partial charge in [0, 0.05) is 0 Å². The molecular formula is C32H52NO4S+. The first kappa shape index (κ1) is 31.1. The summed E-state index contributed by atoms with van der Waals surface area (Å²) in [6.07, 6.45) is 16.2. The first-order chi connectivity index (χ1) is 18.3. The van der Waals surface area contributed by atoms with E-state index in [2.05, 4.69) is 49.2 Å². The number of ether oxygens (including phenoxy) is 4. The van der Waals surface area contributed by atoms with Gasteiger partial charge in [0.2, 0.25) is 0 Å². The Morgan fingerprint density at radius 1 is 0.921 bits per heavy atom. The fourth-order valence-electron chi connectivity index (χ4n) is 5.31. The van der Waals surface area contributed by atoms with E-state index in [0.29, 0.717) is 6.61 Å². The molecule has 1 aliphatic rings. The Kier molecular flexibility index (Phi) is 13.0. The van der Waals surface area contributed by atoms with Gasteiger partial charge in [-0.05, 0) is 43.9 Å². The summed E-state index contributed by atoms with van der Waals surface area (Å²) in [6.45, 7) is 9.21. The average Bonchev–Trinajstić information content (AvgIpc) is 3.44. The van der Waals surface area contributed by atoms with Crippen LogP contribution in [0.1, 0.15) is 115 Å². The largest absolute Gasteiger partial charge is 0.497 e. The zero-order chi connectivity index (χ0) is 27.4. The summed E-state index contributed by atoms with van der Waals surface area (Å²) in [6, 6.07) is 8.08. The Morgan fingerprint density at radius 3 is 2.13 bits per heavy atom. The zero-order valence-corrected chi connectivity index (χ0v) is 25.6. The Bertz CT molecular complexity index is 910. The molecule has 0 saturated carbocycles. The van der Waals surface area contributed by atoms with Gasteiger partial charge in [0.05, 0.1) is 25.2 Å². The highest BCUT2D eigenvalue weighted by atomic mass is 32.1. The van der Waals surface area contributed by atoms with E-state index >= 15 is 0 Å². The summed E-state index contributed by atoms with van der Waals surface area (Å²) in [4.78, 5) is 0. The van der Waals surface area contributed by atoms with Crippen LogP contribution in [0.2, 0.25) is 0 Å². The standard InChI is InChI=1S/C32H52NO4S/c1-25(2)16-14-12-10-8-7-9-11-13-15-17-28-29(37-32(3,4)36-28)30(31-33(5)22-23-38-31)35-24-26-18-20-27(34-6)21-19-26/h18-23,25,28-30H,7-17,24H2,1-6H3/q+1/t28-,29-,30+/m1/s1. The molecule has 0 bridgehead atoms. The van der Waals surface area contributed by atoms with Crippen molar-refractivity contribution < 1.29 is 23.5 Å². The summed E-state index contributed by atoms with van der Waals surface area (Å²) in [5.41, 5.74) is 1.12. The monoisotopic (exact) mass is 546 g/mol. The van der Waals surface area contributed by atoms with Gasteiger partial charge in [-0.3, -0.25) is 0 Å². The van der Waals surface area contributed by atoms with Gasteiger partial charge in [0.15, 0.2) is 18.1 Å². The van der Waals surface area contributed by atoms with Crippen LogP contribution in [0.15, 0.2) is 35.8 Å². The molecule has 0 radical (unpaired) electrons. The average molecular weight is 547 g/mol. The molecule has 3 atom stereocenters. The van der Waals surface area contributed by atoms with E-state index in [9.17, 15) is 0 Å². The van der Waals surface area contributed by atoms with Crippen molar-refractivity contribution in [3.8, 4) is 5.75 Å². The third kappa shape index (κ3) is 10.3. The molecule has 1 aromatic carbocycles. The molecule has 6 heteroatoms. The number of rotatable bonds is 18. The number of benzene rings is 1. The predicted molar refractivity (Wildman–Crippen MR) is 155 cm³/mol. The summed E-state index contributed by atoms with van der Waals surface area (Å²) < 4.78 is 27.0. The third-order valence-electron chi connectivity index (χ3n) is 7.44. The highest BCUT2D eigenvalue weighted by molar-refractivity contribution is 7.09. The third-order valence-corrected chi connectivity index (χ3v) is 8.46. The molecule has 1 fully saturated rings. The van der Waals surface area contributed by atoms with E-state index < -0.39 is 5.79 Å². The second-order valence-electron chi connectivity index (χ2n) is 11.7. The maximum atomic E-state index is 6.59. The van der Waals surface area contributed by atoms with Crippen molar-refractivity contribution in [2.24, 2.45) is 13.0 Å². The van der Waals surface area contributed by atoms with Crippen LogP contribution in [0, 0.1) is 5.92 Å². The van der Waals surface area contributed by atoms with Crippen LogP contribution >= 0.6 is 11.3 Å². The Labute approximate surface area is 235 Å². The van der Waals surface area contributed by atoms with Gasteiger partial charge in [-0.2, -0.15) is 4.57 Å². The molecule has 2 aromatic rings. The second-order valence-corrected chi connectivity index (χ2v) is 12.6. The van der Waals surface area contributed by atoms with Crippen LogP contribution in [-0.2, 0) is 27.9 Å². The van der Waals surface area contributed by atoms with Crippen LogP contribution in [0.5, 0.6) is 5.75 Å². The lowest BCUT2D eigenvalue weighted by Crippen LogP contribution is -2.39. The van der Waals surface area contributed by atoms with Crippen LogP contribution in [0.25, 0.3) is 0 Å². The van der Waals surface area contributed by atoms with Gasteiger partial charge in [0.1, 0.15) is 18.9 Å². The maximum absolute atomic E-state index is 6.59. The van der Waals surface area contributed by atoms with Gasteiger partial charge >= 0.3 is 0 Å². The fourth-order valence-corrected chi connectivity index (χ4v) is 6.25. The van der Waals surface area contributed by atoms with Crippen LogP contribution in [-0.4, -0.2) is 25.1 Å². The summed E-state index contributed by atoms with van der Waals surface area (Å²) in [7, 11) is 3.77. The van der Waals surface area contributed by atoms with Crippen molar-refractivity contribution in [3.05, 3.63) is 46.4 Å². The maximum Gasteiger partial charge on any atom is 0.269 e. The van der Waals surface area contributed by atoms with E-state index in [1.165, 1.54) is 57.8 Å². The molecule has 0 unspecified atom stereocenters. The molecule has 1 saturated heterocycles. The lowest BCUT2D eigenvalue weighted by atomic mass is 10.00. The number of unbranched alkanes of at least 4 members (excludes halogenated alkanes) is 8. The quantitative estimate of drug-likeness (QED) is 0.139. The molecule has 1 aliphatic heterocycles. The molecule has 0 spiro atoms. The first-order valence-corrected chi connectivity index (χ1v) is 15.7. The summed E-state index contributed by atoms with van der Waals surface area (Å²) in [5, 5.41) is 3.27. The number of aromatic nitrogens is 1. The van der Waals surface area contributed by atoms with Crippen molar-refractivity contribution in [2.45, 2.75) is 129 Å². The molecule has 5 nitrogen and oxygen atoms in total. The minimum atomic E-state index is -0.609. The molecule has 1 aromatic heterocycles. The second kappa shape index (κ2) is 16.0. The molecule has 0 amide bonds. The van der Waals surface area contributed by atoms with Gasteiger partial charge in [-0.1, -0.05) is 102 Å². The van der Waals surface area contributed by atoms with Crippen molar-refractivity contribution >= 4 is 11.3 Å². The van der Waals surface area contributed by atoms with E-state index in [0.717, 1.165) is 35.1 Å². The van der Waals surface area contributed by atoms with E-state index in [1.807, 2.05) is 26.0 Å². The molecule has 0 aliphatic carbocycles.